The summed E-state index contributed by atoms with van der Waals surface area (Å²) in [5.41, 5.74) is 3.75. The molecule has 146 valence electrons. The number of rotatable bonds is 4. The zero-order valence-electron chi connectivity index (χ0n) is 17.0. The first-order valence-electron chi connectivity index (χ1n) is 9.76. The third kappa shape index (κ3) is 3.40. The molecule has 6 nitrogen and oxygen atoms in total. The Labute approximate surface area is 166 Å². The summed E-state index contributed by atoms with van der Waals surface area (Å²) in [6.07, 6.45) is 1.02. The maximum atomic E-state index is 5.72. The van der Waals surface area contributed by atoms with Crippen LogP contribution in [0.4, 0.5) is 0 Å². The summed E-state index contributed by atoms with van der Waals surface area (Å²) in [7, 11) is 1.72. The predicted molar refractivity (Wildman–Crippen MR) is 107 cm³/mol. The van der Waals surface area contributed by atoms with Crippen molar-refractivity contribution in [2.24, 2.45) is 0 Å². The molecule has 0 fully saturated rings. The molecule has 6 heteroatoms. The average Bonchev–Trinajstić information content (AvgIpc) is 3.18. The quantitative estimate of drug-likeness (QED) is 0.709. The minimum atomic E-state index is -0.160. The number of hydrogen-bond acceptors (Lipinski definition) is 4. The highest BCUT2D eigenvalue weighted by Gasteiger charge is 2.39. The van der Waals surface area contributed by atoms with Gasteiger partial charge in [-0.15, -0.1) is 0 Å². The molecule has 1 aliphatic rings. The van der Waals surface area contributed by atoms with Gasteiger partial charge in [0.2, 0.25) is 0 Å². The lowest BCUT2D eigenvalue weighted by Crippen LogP contribution is -2.56. The van der Waals surface area contributed by atoms with Crippen molar-refractivity contribution in [1.82, 2.24) is 20.4 Å². The van der Waals surface area contributed by atoms with Gasteiger partial charge < -0.3 is 4.74 Å². The molecule has 1 aromatic heterocycles. The Balaban J connectivity index is 1.83. The van der Waals surface area contributed by atoms with Gasteiger partial charge in [0.05, 0.1) is 7.11 Å². The summed E-state index contributed by atoms with van der Waals surface area (Å²) in [6, 6.07) is 16.9. The van der Waals surface area contributed by atoms with E-state index in [0.29, 0.717) is 0 Å². The molecule has 0 saturated heterocycles. The van der Waals surface area contributed by atoms with E-state index in [-0.39, 0.29) is 11.6 Å². The van der Waals surface area contributed by atoms with E-state index in [9.17, 15) is 0 Å². The molecule has 1 atom stereocenters. The molecular formula is C22H28N5O+. The Bertz CT molecular complexity index is 959. The standard InChI is InChI=1S/C22H27N5O/c1-22(2,3)27-21(23-24-25-27)20(18-11-7-8-12-19(18)28-4)26-14-13-16-9-5-6-10-17(16)15-26/h5-12,20H,13-15H2,1-4H3/p+1. The maximum absolute atomic E-state index is 5.72. The fourth-order valence-corrected chi connectivity index (χ4v) is 4.01. The minimum Gasteiger partial charge on any atom is -0.496 e. The molecule has 0 saturated carbocycles. The van der Waals surface area contributed by atoms with Gasteiger partial charge in [0.15, 0.2) is 5.21 Å². The number of ether oxygens (including phenoxy) is 1. The van der Waals surface area contributed by atoms with Crippen LogP contribution < -0.4 is 9.42 Å². The van der Waals surface area contributed by atoms with E-state index in [0.717, 1.165) is 36.6 Å². The third-order valence-corrected chi connectivity index (χ3v) is 5.40. The lowest BCUT2D eigenvalue weighted by atomic mass is 9.95. The highest BCUT2D eigenvalue weighted by Crippen LogP contribution is 2.35. The Hall–Kier alpha value is -2.73. The van der Waals surface area contributed by atoms with Crippen molar-refractivity contribution in [1.29, 1.82) is 0 Å². The zero-order valence-corrected chi connectivity index (χ0v) is 17.0. The van der Waals surface area contributed by atoms with Crippen LogP contribution in [0, 0.1) is 0 Å². The first kappa shape index (κ1) is 18.6. The number of H-pyrrole nitrogens is 1. The number of benzene rings is 2. The lowest BCUT2D eigenvalue weighted by Gasteiger charge is -2.34. The monoisotopic (exact) mass is 378 g/mol. The summed E-state index contributed by atoms with van der Waals surface area (Å²) in [6.45, 7) is 8.29. The number of tetrazole rings is 1. The number of aromatic amines is 1. The van der Waals surface area contributed by atoms with Crippen LogP contribution in [0.2, 0.25) is 0 Å². The van der Waals surface area contributed by atoms with E-state index >= 15 is 0 Å². The van der Waals surface area contributed by atoms with Gasteiger partial charge >= 0.3 is 5.82 Å². The average molecular weight is 379 g/mol. The molecule has 4 rings (SSSR count). The first-order chi connectivity index (χ1) is 13.5. The zero-order chi connectivity index (χ0) is 19.7. The molecule has 0 radical (unpaired) electrons. The Morgan fingerprint density at radius 2 is 1.79 bits per heavy atom. The number of nitrogens with one attached hydrogen (secondary N) is 1. The normalized spacial score (nSPS) is 15.9. The fourth-order valence-electron chi connectivity index (χ4n) is 4.01. The van der Waals surface area contributed by atoms with Crippen LogP contribution >= 0.6 is 0 Å². The fraction of sp³-hybridized carbons (Fsp3) is 0.409. The van der Waals surface area contributed by atoms with Crippen LogP contribution in [0.1, 0.15) is 49.3 Å². The Morgan fingerprint density at radius 3 is 2.54 bits per heavy atom. The summed E-state index contributed by atoms with van der Waals surface area (Å²) >= 11 is 0. The van der Waals surface area contributed by atoms with E-state index in [4.69, 9.17) is 4.74 Å². The van der Waals surface area contributed by atoms with Crippen molar-refractivity contribution in [3.63, 3.8) is 0 Å². The van der Waals surface area contributed by atoms with Gasteiger partial charge in [-0.3, -0.25) is 4.90 Å². The molecule has 1 unspecified atom stereocenters. The molecule has 1 N–H and O–H groups in total. The number of methoxy groups -OCH3 is 1. The van der Waals surface area contributed by atoms with Gasteiger partial charge in [0.1, 0.15) is 22.4 Å². The molecule has 0 bridgehead atoms. The number of nitrogens with zero attached hydrogens (tertiary/aromatic N) is 4. The van der Waals surface area contributed by atoms with Crippen LogP contribution in [-0.2, 0) is 18.5 Å². The summed E-state index contributed by atoms with van der Waals surface area (Å²) in [5, 5.41) is 11.8. The van der Waals surface area contributed by atoms with Gasteiger partial charge in [0.25, 0.3) is 0 Å². The van der Waals surface area contributed by atoms with Gasteiger partial charge in [-0.05, 0) is 44.4 Å². The number of hydrogen-bond donors (Lipinski definition) is 1. The molecule has 3 aromatic rings. The second kappa shape index (κ2) is 7.36. The van der Waals surface area contributed by atoms with Gasteiger partial charge in [-0.2, -0.15) is 4.68 Å². The largest absolute Gasteiger partial charge is 0.496 e. The van der Waals surface area contributed by atoms with Crippen molar-refractivity contribution in [2.45, 2.75) is 45.3 Å². The van der Waals surface area contributed by atoms with Crippen molar-refractivity contribution in [2.75, 3.05) is 13.7 Å². The van der Waals surface area contributed by atoms with Crippen LogP contribution in [0.25, 0.3) is 0 Å². The van der Waals surface area contributed by atoms with E-state index in [1.165, 1.54) is 11.1 Å². The van der Waals surface area contributed by atoms with E-state index < -0.39 is 0 Å². The molecular weight excluding hydrogens is 350 g/mol. The molecule has 1 aliphatic heterocycles. The first-order valence-corrected chi connectivity index (χ1v) is 9.76. The van der Waals surface area contributed by atoms with Gasteiger partial charge in [0, 0.05) is 18.7 Å². The molecule has 0 amide bonds. The van der Waals surface area contributed by atoms with Crippen LogP contribution in [0.3, 0.4) is 0 Å². The smallest absolute Gasteiger partial charge is 0.323 e. The molecule has 0 spiro atoms. The topological polar surface area (TPSA) is 57.9 Å². The Morgan fingerprint density at radius 1 is 1.07 bits per heavy atom. The second-order valence-electron chi connectivity index (χ2n) is 8.30. The number of aromatic nitrogens is 4. The van der Waals surface area contributed by atoms with Crippen LogP contribution in [0.15, 0.2) is 48.5 Å². The molecule has 2 aromatic carbocycles. The summed E-state index contributed by atoms with van der Waals surface area (Å²) < 4.78 is 7.78. The van der Waals surface area contributed by atoms with Crippen molar-refractivity contribution < 1.29 is 9.42 Å². The van der Waals surface area contributed by atoms with Gasteiger partial charge in [-0.1, -0.05) is 47.7 Å². The molecule has 2 heterocycles. The summed E-state index contributed by atoms with van der Waals surface area (Å²) in [4.78, 5) is 2.47. The maximum Gasteiger partial charge on any atom is 0.323 e. The van der Waals surface area contributed by atoms with Crippen molar-refractivity contribution in [3.05, 3.63) is 71.0 Å². The van der Waals surface area contributed by atoms with E-state index in [1.807, 2.05) is 12.1 Å². The second-order valence-corrected chi connectivity index (χ2v) is 8.30. The molecule has 0 aliphatic carbocycles. The SMILES string of the molecule is COc1ccccc1C(c1nn[nH][n+]1C(C)(C)C)N1CCc2ccccc2C1. The molecule has 28 heavy (non-hydrogen) atoms. The highest BCUT2D eigenvalue weighted by molar-refractivity contribution is 5.39. The van der Waals surface area contributed by atoms with Crippen LogP contribution in [-0.4, -0.2) is 34.1 Å². The van der Waals surface area contributed by atoms with Crippen molar-refractivity contribution >= 4 is 0 Å². The van der Waals surface area contributed by atoms with E-state index in [1.54, 1.807) is 7.11 Å². The lowest BCUT2D eigenvalue weighted by molar-refractivity contribution is -0.813. The minimum absolute atomic E-state index is 0.0533. The Kier molecular flexibility index (Phi) is 4.89. The van der Waals surface area contributed by atoms with Crippen molar-refractivity contribution in [3.8, 4) is 5.75 Å². The predicted octanol–water partition coefficient (Wildman–Crippen LogP) is 3.00. The number of para-hydroxylation sites is 1. The number of fused-ring (bicyclic) bond motifs is 1. The highest BCUT2D eigenvalue weighted by atomic mass is 16.5. The van der Waals surface area contributed by atoms with Gasteiger partial charge in [-0.25, -0.2) is 0 Å². The third-order valence-electron chi connectivity index (χ3n) is 5.40. The summed E-state index contributed by atoms with van der Waals surface area (Å²) in [5.74, 6) is 1.77. The van der Waals surface area contributed by atoms with E-state index in [2.05, 4.69) is 82.3 Å². The van der Waals surface area contributed by atoms with Crippen LogP contribution in [0.5, 0.6) is 5.75 Å².